The van der Waals surface area contributed by atoms with Crippen molar-refractivity contribution in [1.82, 2.24) is 4.90 Å². The first-order valence-electron chi connectivity index (χ1n) is 4.22. The minimum atomic E-state index is -4.64. The molecular formula is C5H17NO9P2. The van der Waals surface area contributed by atoms with E-state index in [2.05, 4.69) is 11.9 Å². The zero-order valence-corrected chi connectivity index (χ0v) is 10.9. The topological polar surface area (TPSA) is 168 Å². The number of phosphoric acid groups is 2. The molecule has 17 heavy (non-hydrogen) atoms. The summed E-state index contributed by atoms with van der Waals surface area (Å²) in [6, 6.07) is 0. The summed E-state index contributed by atoms with van der Waals surface area (Å²) in [5, 5.41) is 0. The van der Waals surface area contributed by atoms with Crippen molar-refractivity contribution in [2.45, 2.75) is 0 Å². The highest BCUT2D eigenvalue weighted by Gasteiger charge is 2.02. The lowest BCUT2D eigenvalue weighted by Gasteiger charge is -2.21. The second kappa shape index (κ2) is 9.12. The SMILES string of the molecule is CN1CCOCC1.O=P(O)(O)O.O=P(O)(O)O. The van der Waals surface area contributed by atoms with E-state index in [9.17, 15) is 0 Å². The molecule has 0 spiro atoms. The third kappa shape index (κ3) is 48.7. The molecule has 0 atom stereocenters. The highest BCUT2D eigenvalue weighted by molar-refractivity contribution is 7.45. The minimum Gasteiger partial charge on any atom is -0.379 e. The molecule has 0 aromatic carbocycles. The van der Waals surface area contributed by atoms with Crippen molar-refractivity contribution in [3.63, 3.8) is 0 Å². The Kier molecular flexibility index (Phi) is 10.5. The zero-order valence-electron chi connectivity index (χ0n) is 9.08. The van der Waals surface area contributed by atoms with Crippen molar-refractivity contribution in [1.29, 1.82) is 0 Å². The van der Waals surface area contributed by atoms with Gasteiger partial charge in [-0.3, -0.25) is 0 Å². The molecule has 106 valence electrons. The van der Waals surface area contributed by atoms with Gasteiger partial charge < -0.3 is 39.0 Å². The number of likely N-dealkylation sites (N-methyl/N-ethyl adjacent to an activating group) is 1. The third-order valence-corrected chi connectivity index (χ3v) is 1.23. The van der Waals surface area contributed by atoms with Crippen LogP contribution in [0, 0.1) is 0 Å². The second-order valence-electron chi connectivity index (χ2n) is 2.94. The van der Waals surface area contributed by atoms with Gasteiger partial charge in [0, 0.05) is 13.1 Å². The van der Waals surface area contributed by atoms with Crippen molar-refractivity contribution in [2.24, 2.45) is 0 Å². The van der Waals surface area contributed by atoms with E-state index in [-0.39, 0.29) is 0 Å². The van der Waals surface area contributed by atoms with Crippen molar-refractivity contribution >= 4 is 15.6 Å². The van der Waals surface area contributed by atoms with E-state index in [0.717, 1.165) is 26.3 Å². The first kappa shape index (κ1) is 19.5. The molecule has 6 N–H and O–H groups in total. The van der Waals surface area contributed by atoms with Crippen LogP contribution in [0.15, 0.2) is 0 Å². The van der Waals surface area contributed by atoms with Gasteiger partial charge in [0.1, 0.15) is 0 Å². The van der Waals surface area contributed by atoms with E-state index in [1.807, 2.05) is 0 Å². The monoisotopic (exact) mass is 297 g/mol. The van der Waals surface area contributed by atoms with Crippen LogP contribution in [0.2, 0.25) is 0 Å². The Balaban J connectivity index is 0. The molecule has 1 fully saturated rings. The summed E-state index contributed by atoms with van der Waals surface area (Å²) in [6.07, 6.45) is 0. The van der Waals surface area contributed by atoms with Crippen molar-refractivity contribution < 1.29 is 43.2 Å². The lowest BCUT2D eigenvalue weighted by molar-refractivity contribution is 0.0503. The maximum Gasteiger partial charge on any atom is 0.466 e. The summed E-state index contributed by atoms with van der Waals surface area (Å²) >= 11 is 0. The van der Waals surface area contributed by atoms with Crippen molar-refractivity contribution in [2.75, 3.05) is 33.4 Å². The fraction of sp³-hybridized carbons (Fsp3) is 1.00. The fourth-order valence-corrected chi connectivity index (χ4v) is 0.655. The van der Waals surface area contributed by atoms with Gasteiger partial charge in [0.2, 0.25) is 0 Å². The molecule has 0 saturated carbocycles. The van der Waals surface area contributed by atoms with Crippen LogP contribution in [0.1, 0.15) is 0 Å². The average Bonchev–Trinajstić information content (AvgIpc) is 1.98. The Morgan fingerprint density at radius 3 is 1.24 bits per heavy atom. The number of ether oxygens (including phenoxy) is 1. The van der Waals surface area contributed by atoms with Crippen LogP contribution in [0.25, 0.3) is 0 Å². The van der Waals surface area contributed by atoms with Crippen LogP contribution in [0.4, 0.5) is 0 Å². The van der Waals surface area contributed by atoms with Gasteiger partial charge in [-0.25, -0.2) is 9.13 Å². The molecule has 0 unspecified atom stereocenters. The van der Waals surface area contributed by atoms with E-state index < -0.39 is 15.6 Å². The zero-order chi connectivity index (χ0) is 14.1. The molecule has 0 aliphatic carbocycles. The van der Waals surface area contributed by atoms with Crippen LogP contribution in [0.5, 0.6) is 0 Å². The molecule has 1 aliphatic rings. The normalized spacial score (nSPS) is 17.4. The Morgan fingerprint density at radius 1 is 0.882 bits per heavy atom. The summed E-state index contributed by atoms with van der Waals surface area (Å²) in [7, 11) is -7.16. The van der Waals surface area contributed by atoms with Crippen molar-refractivity contribution in [3.05, 3.63) is 0 Å². The Hall–Kier alpha value is 0.140. The predicted octanol–water partition coefficient (Wildman–Crippen LogP) is -1.91. The van der Waals surface area contributed by atoms with Crippen LogP contribution < -0.4 is 0 Å². The van der Waals surface area contributed by atoms with Gasteiger partial charge in [-0.15, -0.1) is 0 Å². The lowest BCUT2D eigenvalue weighted by atomic mass is 10.5. The van der Waals surface area contributed by atoms with Gasteiger partial charge in [0.05, 0.1) is 13.2 Å². The Labute approximate surface area is 97.9 Å². The van der Waals surface area contributed by atoms with Gasteiger partial charge in [-0.1, -0.05) is 0 Å². The summed E-state index contributed by atoms with van der Waals surface area (Å²) < 4.78 is 22.9. The van der Waals surface area contributed by atoms with Crippen LogP contribution in [-0.4, -0.2) is 67.6 Å². The molecule has 1 saturated heterocycles. The molecule has 0 aromatic heterocycles. The summed E-state index contributed by atoms with van der Waals surface area (Å²) in [6.45, 7) is 4.02. The average molecular weight is 297 g/mol. The van der Waals surface area contributed by atoms with E-state index in [1.165, 1.54) is 0 Å². The first-order valence-corrected chi connectivity index (χ1v) is 7.35. The van der Waals surface area contributed by atoms with Gasteiger partial charge in [-0.05, 0) is 7.05 Å². The van der Waals surface area contributed by atoms with Gasteiger partial charge in [0.25, 0.3) is 0 Å². The lowest BCUT2D eigenvalue weighted by Crippen LogP contribution is -2.32. The van der Waals surface area contributed by atoms with E-state index in [0.29, 0.717) is 0 Å². The Morgan fingerprint density at radius 2 is 1.12 bits per heavy atom. The number of nitrogens with zero attached hydrogens (tertiary/aromatic N) is 1. The molecule has 1 heterocycles. The van der Waals surface area contributed by atoms with E-state index in [4.69, 9.17) is 43.2 Å². The number of morpholine rings is 1. The molecule has 1 aliphatic heterocycles. The molecular weight excluding hydrogens is 280 g/mol. The molecule has 0 radical (unpaired) electrons. The van der Waals surface area contributed by atoms with Crippen molar-refractivity contribution in [3.8, 4) is 0 Å². The maximum absolute atomic E-state index is 8.88. The third-order valence-electron chi connectivity index (χ3n) is 1.23. The summed E-state index contributed by atoms with van der Waals surface area (Å²) in [4.78, 5) is 45.4. The number of hydrogen-bond acceptors (Lipinski definition) is 4. The van der Waals surface area contributed by atoms with Gasteiger partial charge in [-0.2, -0.15) is 0 Å². The van der Waals surface area contributed by atoms with E-state index in [1.54, 1.807) is 0 Å². The standard InChI is InChI=1S/C5H11NO.2H3O4P/c1-6-2-4-7-5-3-6;2*1-5(2,3)4/h2-5H2,1H3;2*(H3,1,2,3,4). The highest BCUT2D eigenvalue weighted by atomic mass is 31.2. The number of hydrogen-bond donors (Lipinski definition) is 6. The fourth-order valence-electron chi connectivity index (χ4n) is 0.655. The maximum atomic E-state index is 8.88. The molecule has 12 heteroatoms. The smallest absolute Gasteiger partial charge is 0.379 e. The number of rotatable bonds is 0. The van der Waals surface area contributed by atoms with Crippen LogP contribution >= 0.6 is 15.6 Å². The molecule has 1 rings (SSSR count). The second-order valence-corrected chi connectivity index (χ2v) is 5.00. The minimum absolute atomic E-state index is 0.913. The first-order chi connectivity index (χ1) is 7.39. The molecule has 10 nitrogen and oxygen atoms in total. The summed E-state index contributed by atoms with van der Waals surface area (Å²) in [5.74, 6) is 0. The van der Waals surface area contributed by atoms with Crippen LogP contribution in [0.3, 0.4) is 0 Å². The van der Waals surface area contributed by atoms with E-state index >= 15 is 0 Å². The quantitative estimate of drug-likeness (QED) is 0.277. The molecule has 0 aromatic rings. The molecule has 0 bridgehead atoms. The van der Waals surface area contributed by atoms with Crippen LogP contribution in [-0.2, 0) is 13.9 Å². The predicted molar refractivity (Wildman–Crippen MR) is 56.8 cm³/mol. The highest BCUT2D eigenvalue weighted by Crippen LogP contribution is 2.26. The summed E-state index contributed by atoms with van der Waals surface area (Å²) in [5.41, 5.74) is 0. The largest absolute Gasteiger partial charge is 0.466 e. The Bertz CT molecular complexity index is 230. The van der Waals surface area contributed by atoms with Gasteiger partial charge in [0.15, 0.2) is 0 Å². The van der Waals surface area contributed by atoms with Gasteiger partial charge >= 0.3 is 15.6 Å². The molecule has 0 amide bonds.